The van der Waals surface area contributed by atoms with Gasteiger partial charge in [0.05, 0.1) is 5.56 Å². The van der Waals surface area contributed by atoms with Crippen molar-refractivity contribution in [2.24, 2.45) is 0 Å². The van der Waals surface area contributed by atoms with E-state index < -0.39 is 34.8 Å². The Bertz CT molecular complexity index is 610. The van der Waals surface area contributed by atoms with Crippen LogP contribution in [-0.4, -0.2) is 11.1 Å². The van der Waals surface area contributed by atoms with Crippen LogP contribution in [0.2, 0.25) is 0 Å². The smallest absolute Gasteiger partial charge is 0.345 e. The molecule has 2 nitrogen and oxygen atoms in total. The number of thiophene rings is 1. The van der Waals surface area contributed by atoms with Crippen LogP contribution >= 0.6 is 11.3 Å². The molecule has 0 unspecified atom stereocenters. The number of rotatable bonds is 2. The predicted molar refractivity (Wildman–Crippen MR) is 56.5 cm³/mol. The van der Waals surface area contributed by atoms with Crippen LogP contribution in [-0.2, 0) is 0 Å². The van der Waals surface area contributed by atoms with E-state index in [9.17, 15) is 22.4 Å². The first-order valence-electron chi connectivity index (χ1n) is 4.58. The van der Waals surface area contributed by atoms with Crippen molar-refractivity contribution in [2.75, 3.05) is 0 Å². The monoisotopic (exact) mass is 276 g/mol. The molecule has 0 saturated carbocycles. The number of carboxylic acids is 1. The van der Waals surface area contributed by atoms with Crippen LogP contribution in [0.25, 0.3) is 10.4 Å². The van der Waals surface area contributed by atoms with Gasteiger partial charge in [-0.25, -0.2) is 22.4 Å². The van der Waals surface area contributed by atoms with E-state index in [-0.39, 0.29) is 15.8 Å². The summed E-state index contributed by atoms with van der Waals surface area (Å²) in [6, 6.07) is 2.29. The second-order valence-electron chi connectivity index (χ2n) is 3.31. The van der Waals surface area contributed by atoms with Crippen molar-refractivity contribution in [3.63, 3.8) is 0 Å². The molecule has 18 heavy (non-hydrogen) atoms. The van der Waals surface area contributed by atoms with E-state index >= 15 is 0 Å². The zero-order chi connectivity index (χ0) is 13.4. The third kappa shape index (κ3) is 1.97. The molecule has 0 bridgehead atoms. The summed E-state index contributed by atoms with van der Waals surface area (Å²) in [5.74, 6) is -7.45. The van der Waals surface area contributed by atoms with Gasteiger partial charge in [-0.15, -0.1) is 11.3 Å². The molecule has 0 spiro atoms. The Morgan fingerprint density at radius 1 is 1.06 bits per heavy atom. The Morgan fingerprint density at radius 2 is 1.61 bits per heavy atom. The molecule has 2 rings (SSSR count). The molecule has 0 atom stereocenters. The Morgan fingerprint density at radius 3 is 2.06 bits per heavy atom. The maximum Gasteiger partial charge on any atom is 0.345 e. The van der Waals surface area contributed by atoms with Crippen molar-refractivity contribution >= 4 is 17.3 Å². The summed E-state index contributed by atoms with van der Waals surface area (Å²) in [6.45, 7) is 0. The topological polar surface area (TPSA) is 37.3 Å². The number of aromatic carboxylic acids is 1. The third-order valence-electron chi connectivity index (χ3n) is 2.17. The molecule has 94 valence electrons. The standard InChI is InChI=1S/C11H4F4O2S/c12-4-3-5(13)10(15)8(9(4)14)6-1-2-7(18-6)11(16)17/h1-3H,(H,16,17). The molecule has 0 saturated heterocycles. The van der Waals surface area contributed by atoms with Crippen molar-refractivity contribution in [2.45, 2.75) is 0 Å². The van der Waals surface area contributed by atoms with E-state index in [1.54, 1.807) is 0 Å². The Kier molecular flexibility index (Phi) is 3.08. The quantitative estimate of drug-likeness (QED) is 0.671. The second-order valence-corrected chi connectivity index (χ2v) is 4.40. The summed E-state index contributed by atoms with van der Waals surface area (Å²) < 4.78 is 52.8. The molecular weight excluding hydrogens is 272 g/mol. The molecule has 2 aromatic rings. The fourth-order valence-electron chi connectivity index (χ4n) is 1.38. The number of hydrogen-bond acceptors (Lipinski definition) is 2. The largest absolute Gasteiger partial charge is 0.477 e. The normalized spacial score (nSPS) is 10.7. The van der Waals surface area contributed by atoms with Gasteiger partial charge in [0.25, 0.3) is 0 Å². The first-order valence-corrected chi connectivity index (χ1v) is 5.40. The lowest BCUT2D eigenvalue weighted by Gasteiger charge is -2.04. The Balaban J connectivity index is 2.66. The fraction of sp³-hybridized carbons (Fsp3) is 0. The Hall–Kier alpha value is -1.89. The molecule has 0 aliphatic rings. The van der Waals surface area contributed by atoms with Gasteiger partial charge in [0.15, 0.2) is 23.3 Å². The maximum atomic E-state index is 13.4. The molecule has 1 aromatic carbocycles. The first kappa shape index (κ1) is 12.6. The van der Waals surface area contributed by atoms with Crippen molar-refractivity contribution < 1.29 is 27.5 Å². The molecule has 0 aliphatic heterocycles. The van der Waals surface area contributed by atoms with Crippen LogP contribution in [0.4, 0.5) is 17.6 Å². The van der Waals surface area contributed by atoms with Crippen molar-refractivity contribution in [1.82, 2.24) is 0 Å². The number of hydrogen-bond donors (Lipinski definition) is 1. The highest BCUT2D eigenvalue weighted by atomic mass is 32.1. The summed E-state index contributed by atoms with van der Waals surface area (Å²) >= 11 is 0.527. The zero-order valence-electron chi connectivity index (χ0n) is 8.51. The van der Waals surface area contributed by atoms with Gasteiger partial charge in [0.1, 0.15) is 4.88 Å². The lowest BCUT2D eigenvalue weighted by atomic mass is 10.1. The van der Waals surface area contributed by atoms with E-state index in [2.05, 4.69) is 0 Å². The minimum atomic E-state index is -1.55. The summed E-state index contributed by atoms with van der Waals surface area (Å²) in [6.07, 6.45) is 0. The summed E-state index contributed by atoms with van der Waals surface area (Å²) in [4.78, 5) is 10.2. The highest BCUT2D eigenvalue weighted by Gasteiger charge is 2.22. The second kappa shape index (κ2) is 4.41. The van der Waals surface area contributed by atoms with Gasteiger partial charge in [0.2, 0.25) is 0 Å². The van der Waals surface area contributed by atoms with E-state index in [0.717, 1.165) is 12.1 Å². The van der Waals surface area contributed by atoms with Crippen LogP contribution in [0.15, 0.2) is 18.2 Å². The van der Waals surface area contributed by atoms with Gasteiger partial charge >= 0.3 is 5.97 Å². The van der Waals surface area contributed by atoms with Gasteiger partial charge in [-0.05, 0) is 12.1 Å². The molecule has 0 fully saturated rings. The lowest BCUT2D eigenvalue weighted by molar-refractivity contribution is 0.0702. The van der Waals surface area contributed by atoms with Crippen LogP contribution in [0, 0.1) is 23.3 Å². The van der Waals surface area contributed by atoms with Crippen LogP contribution in [0.5, 0.6) is 0 Å². The highest BCUT2D eigenvalue weighted by molar-refractivity contribution is 7.17. The average molecular weight is 276 g/mol. The maximum absolute atomic E-state index is 13.4. The third-order valence-corrected chi connectivity index (χ3v) is 3.27. The molecule has 1 heterocycles. The molecule has 0 amide bonds. The first-order chi connectivity index (χ1) is 8.41. The van der Waals surface area contributed by atoms with Gasteiger partial charge < -0.3 is 5.11 Å². The molecular formula is C11H4F4O2S. The number of carboxylic acid groups (broad SMARTS) is 1. The minimum Gasteiger partial charge on any atom is -0.477 e. The number of carbonyl (C=O) groups is 1. The summed E-state index contributed by atoms with van der Waals surface area (Å²) in [5, 5.41) is 8.67. The average Bonchev–Trinajstić information content (AvgIpc) is 2.76. The molecule has 7 heteroatoms. The zero-order valence-corrected chi connectivity index (χ0v) is 9.32. The fourth-order valence-corrected chi connectivity index (χ4v) is 2.25. The SMILES string of the molecule is O=C(O)c1ccc(-c2c(F)c(F)cc(F)c2F)s1. The van der Waals surface area contributed by atoms with E-state index in [0.29, 0.717) is 11.3 Å². The van der Waals surface area contributed by atoms with Gasteiger partial charge in [-0.2, -0.15) is 0 Å². The van der Waals surface area contributed by atoms with Crippen LogP contribution < -0.4 is 0 Å². The molecule has 1 aromatic heterocycles. The number of halogens is 4. The predicted octanol–water partition coefficient (Wildman–Crippen LogP) is 3.67. The minimum absolute atomic E-state index is 0.0971. The van der Waals surface area contributed by atoms with Gasteiger partial charge in [-0.1, -0.05) is 0 Å². The number of benzene rings is 1. The molecule has 0 radical (unpaired) electrons. The molecule has 0 aliphatic carbocycles. The summed E-state index contributed by atoms with van der Waals surface area (Å²) in [7, 11) is 0. The van der Waals surface area contributed by atoms with Gasteiger partial charge in [-0.3, -0.25) is 0 Å². The van der Waals surface area contributed by atoms with Crippen molar-refractivity contribution in [3.8, 4) is 10.4 Å². The van der Waals surface area contributed by atoms with Crippen molar-refractivity contribution in [3.05, 3.63) is 46.3 Å². The summed E-state index contributed by atoms with van der Waals surface area (Å²) in [5.41, 5.74) is -0.898. The molecule has 1 N–H and O–H groups in total. The lowest BCUT2D eigenvalue weighted by Crippen LogP contribution is -1.97. The highest BCUT2D eigenvalue weighted by Crippen LogP contribution is 2.34. The van der Waals surface area contributed by atoms with E-state index in [4.69, 9.17) is 5.11 Å². The Labute approximate surface area is 102 Å². The van der Waals surface area contributed by atoms with E-state index in [1.807, 2.05) is 0 Å². The van der Waals surface area contributed by atoms with Gasteiger partial charge in [0, 0.05) is 10.9 Å². The van der Waals surface area contributed by atoms with E-state index in [1.165, 1.54) is 0 Å². The van der Waals surface area contributed by atoms with Crippen molar-refractivity contribution in [1.29, 1.82) is 0 Å². The van der Waals surface area contributed by atoms with Crippen LogP contribution in [0.1, 0.15) is 9.67 Å². The van der Waals surface area contributed by atoms with Crippen LogP contribution in [0.3, 0.4) is 0 Å².